The van der Waals surface area contributed by atoms with Crippen LogP contribution in [0.4, 0.5) is 17.6 Å². The normalized spacial score (nSPS) is 27.5. The summed E-state index contributed by atoms with van der Waals surface area (Å²) in [5.74, 6) is -2.82. The second-order valence-corrected chi connectivity index (χ2v) is 11.3. The topological polar surface area (TPSA) is 41.8 Å². The molecule has 0 radical (unpaired) electrons. The number of ether oxygens (including phenoxy) is 1. The average Bonchev–Trinajstić information content (AvgIpc) is 2.79. The van der Waals surface area contributed by atoms with Gasteiger partial charge in [0, 0.05) is 11.8 Å². The number of halogens is 6. The number of rotatable bonds is 3. The summed E-state index contributed by atoms with van der Waals surface area (Å²) in [7, 11) is 1.58. The molecule has 6 rings (SSSR count). The molecule has 0 atom stereocenters. The van der Waals surface area contributed by atoms with Crippen molar-refractivity contribution in [2.45, 2.75) is 44.1 Å². The van der Waals surface area contributed by atoms with Gasteiger partial charge in [0.15, 0.2) is 34.8 Å². The van der Waals surface area contributed by atoms with Crippen LogP contribution in [0.3, 0.4) is 0 Å². The van der Waals surface area contributed by atoms with Crippen molar-refractivity contribution in [1.82, 2.24) is 0 Å². The van der Waals surface area contributed by atoms with Gasteiger partial charge >= 0.3 is 0 Å². The number of para-hydroxylation sites is 1. The maximum absolute atomic E-state index is 12.6. The smallest absolute Gasteiger partial charge is 0.198 e. The van der Waals surface area contributed by atoms with Crippen LogP contribution in [0.2, 0.25) is 0 Å². The van der Waals surface area contributed by atoms with Gasteiger partial charge in [0.05, 0.1) is 19.8 Å². The molecule has 33 heavy (non-hydrogen) atoms. The van der Waals surface area contributed by atoms with E-state index in [9.17, 15) is 22.7 Å². The summed E-state index contributed by atoms with van der Waals surface area (Å²) in [6, 6.07) is 5.58. The molecule has 0 aliphatic heterocycles. The number of hydrogen-bond acceptors (Lipinski definition) is 3. The van der Waals surface area contributed by atoms with Crippen molar-refractivity contribution in [3.8, 4) is 11.5 Å². The van der Waals surface area contributed by atoms with Gasteiger partial charge in [-0.05, 0) is 114 Å². The molecule has 0 spiro atoms. The summed E-state index contributed by atoms with van der Waals surface area (Å²) < 4.78 is 54.8. The average molecular weight is 687 g/mol. The van der Waals surface area contributed by atoms with Crippen LogP contribution >= 0.6 is 45.2 Å². The van der Waals surface area contributed by atoms with Crippen LogP contribution in [0.5, 0.6) is 11.5 Å². The molecule has 0 unspecified atom stereocenters. The van der Waals surface area contributed by atoms with Gasteiger partial charge in [-0.2, -0.15) is 0 Å². The largest absolute Gasteiger partial charge is 0.504 e. The van der Waals surface area contributed by atoms with E-state index in [-0.39, 0.29) is 18.4 Å². The molecule has 4 aliphatic rings. The molecule has 0 amide bonds. The summed E-state index contributed by atoms with van der Waals surface area (Å²) >= 11 is 2.82. The minimum atomic E-state index is -1.77. The minimum absolute atomic E-state index is 0.157. The third kappa shape index (κ3) is 4.99. The van der Waals surface area contributed by atoms with Gasteiger partial charge in [0.25, 0.3) is 0 Å². The Morgan fingerprint density at radius 3 is 1.85 bits per heavy atom. The fourth-order valence-electron chi connectivity index (χ4n) is 5.82. The first-order valence-electron chi connectivity index (χ1n) is 10.7. The van der Waals surface area contributed by atoms with E-state index >= 15 is 0 Å². The molecule has 4 fully saturated rings. The van der Waals surface area contributed by atoms with Crippen LogP contribution in [0.15, 0.2) is 23.2 Å². The molecule has 4 bridgehead atoms. The Labute approximate surface area is 217 Å². The summed E-state index contributed by atoms with van der Waals surface area (Å²) in [5.41, 5.74) is 0.926. The molecule has 3 nitrogen and oxygen atoms in total. The number of phenols is 1. The van der Waals surface area contributed by atoms with E-state index in [0.29, 0.717) is 5.75 Å². The first-order valence-corrected chi connectivity index (χ1v) is 12.9. The van der Waals surface area contributed by atoms with Crippen molar-refractivity contribution in [2.75, 3.05) is 7.11 Å². The van der Waals surface area contributed by atoms with Crippen molar-refractivity contribution in [3.05, 3.63) is 54.2 Å². The second-order valence-electron chi connectivity index (χ2n) is 9.18. The molecule has 0 heterocycles. The first-order chi connectivity index (χ1) is 15.6. The highest BCUT2D eigenvalue weighted by Gasteiger charge is 2.50. The minimum Gasteiger partial charge on any atom is -0.504 e. The number of methoxy groups -OCH3 is 1. The van der Waals surface area contributed by atoms with Gasteiger partial charge in [-0.3, -0.25) is 4.99 Å². The Morgan fingerprint density at radius 1 is 0.909 bits per heavy atom. The van der Waals surface area contributed by atoms with Crippen LogP contribution < -0.4 is 4.74 Å². The van der Waals surface area contributed by atoms with Gasteiger partial charge in [-0.1, -0.05) is 6.07 Å². The van der Waals surface area contributed by atoms with Crippen LogP contribution in [0.25, 0.3) is 0 Å². The highest BCUT2D eigenvalue weighted by atomic mass is 127. The number of nitrogens with zero attached hydrogens (tertiary/aromatic N) is 1. The molecular weight excluding hydrogens is 664 g/mol. The molecule has 4 aliphatic carbocycles. The van der Waals surface area contributed by atoms with Crippen molar-refractivity contribution in [2.24, 2.45) is 22.7 Å². The Bertz CT molecular complexity index is 952. The number of benzene rings is 2. The van der Waals surface area contributed by atoms with E-state index in [1.165, 1.54) is 83.7 Å². The van der Waals surface area contributed by atoms with Crippen LogP contribution in [0.1, 0.15) is 44.1 Å². The SMILES string of the molecule is COc1cccc(C=NC23CC4CC(CC(C4)C2)C3)c1O.Fc1c(F)c(F)c(I)c(I)c1F. The van der Waals surface area contributed by atoms with E-state index in [4.69, 9.17) is 9.73 Å². The first kappa shape index (κ1) is 25.0. The zero-order valence-electron chi connectivity index (χ0n) is 17.9. The Kier molecular flexibility index (Phi) is 7.47. The second kappa shape index (κ2) is 9.87. The van der Waals surface area contributed by atoms with Gasteiger partial charge in [-0.15, -0.1) is 0 Å². The third-order valence-electron chi connectivity index (χ3n) is 6.89. The molecule has 4 saturated carbocycles. The summed E-state index contributed by atoms with van der Waals surface area (Å²) in [4.78, 5) is 4.98. The maximum Gasteiger partial charge on any atom is 0.198 e. The monoisotopic (exact) mass is 687 g/mol. The summed E-state index contributed by atoms with van der Waals surface area (Å²) in [5, 5.41) is 10.2. The molecule has 2 aromatic rings. The summed E-state index contributed by atoms with van der Waals surface area (Å²) in [6.45, 7) is 0. The molecule has 178 valence electrons. The lowest BCUT2D eigenvalue weighted by molar-refractivity contribution is 0.00194. The Hall–Kier alpha value is -1.11. The third-order valence-corrected chi connectivity index (χ3v) is 9.95. The predicted octanol–water partition coefficient (Wildman–Crippen LogP) is 7.24. The van der Waals surface area contributed by atoms with Crippen LogP contribution in [0, 0.1) is 48.2 Å². The van der Waals surface area contributed by atoms with Crippen LogP contribution in [-0.2, 0) is 0 Å². The highest BCUT2D eigenvalue weighted by molar-refractivity contribution is 14.1. The number of hydrogen-bond donors (Lipinski definition) is 1. The van der Waals surface area contributed by atoms with Crippen molar-refractivity contribution in [3.63, 3.8) is 0 Å². The van der Waals surface area contributed by atoms with E-state index in [2.05, 4.69) is 0 Å². The zero-order valence-corrected chi connectivity index (χ0v) is 22.2. The van der Waals surface area contributed by atoms with E-state index < -0.39 is 23.3 Å². The molecule has 2 aromatic carbocycles. The Morgan fingerprint density at radius 2 is 1.39 bits per heavy atom. The van der Waals surface area contributed by atoms with Gasteiger partial charge in [-0.25, -0.2) is 17.6 Å². The molecule has 0 aromatic heterocycles. The molecular formula is C24H23F4I2NO2. The van der Waals surface area contributed by atoms with E-state index in [1.807, 2.05) is 18.3 Å². The Balaban J connectivity index is 0.000000185. The van der Waals surface area contributed by atoms with Gasteiger partial charge < -0.3 is 9.84 Å². The number of aromatic hydroxyl groups is 1. The van der Waals surface area contributed by atoms with Crippen molar-refractivity contribution in [1.29, 1.82) is 0 Å². The lowest BCUT2D eigenvalue weighted by atomic mass is 9.53. The standard InChI is InChI=1S/C18H23NO2.C6F4I2/c1-21-16-4-2-3-15(17(16)20)11-19-18-8-12-5-13(9-18)7-14(6-12)10-18;7-1-2(8)4(10)6(12)5(11)3(1)9/h2-4,11-14,20H,5-10H2,1H3;. The van der Waals surface area contributed by atoms with Crippen molar-refractivity contribution >= 4 is 51.4 Å². The van der Waals surface area contributed by atoms with Crippen molar-refractivity contribution < 1.29 is 27.4 Å². The quantitative estimate of drug-likeness (QED) is 0.122. The summed E-state index contributed by atoms with van der Waals surface area (Å²) in [6.07, 6.45) is 9.92. The maximum atomic E-state index is 12.6. The van der Waals surface area contributed by atoms with E-state index in [1.54, 1.807) is 13.2 Å². The van der Waals surface area contributed by atoms with Crippen LogP contribution in [-0.4, -0.2) is 24.0 Å². The van der Waals surface area contributed by atoms with E-state index in [0.717, 1.165) is 23.3 Å². The molecule has 9 heteroatoms. The van der Waals surface area contributed by atoms with Gasteiger partial charge in [0.2, 0.25) is 0 Å². The predicted molar refractivity (Wildman–Crippen MR) is 135 cm³/mol. The fourth-order valence-corrected chi connectivity index (χ4v) is 6.76. The lowest BCUT2D eigenvalue weighted by Crippen LogP contribution is -2.49. The number of phenolic OH excluding ortho intramolecular Hbond substituents is 1. The molecule has 0 saturated heterocycles. The number of aliphatic imine (C=N–C) groups is 1. The van der Waals surface area contributed by atoms with Gasteiger partial charge in [0.1, 0.15) is 0 Å². The fraction of sp³-hybridized carbons (Fsp3) is 0.458. The highest BCUT2D eigenvalue weighted by Crippen LogP contribution is 2.57. The lowest BCUT2D eigenvalue weighted by Gasteiger charge is -2.54. The zero-order chi connectivity index (χ0) is 23.9. The molecule has 1 N–H and O–H groups in total.